The quantitative estimate of drug-likeness (QED) is 0.515. The third-order valence-electron chi connectivity index (χ3n) is 4.33. The summed E-state index contributed by atoms with van der Waals surface area (Å²) in [7, 11) is 1.62. The van der Waals surface area contributed by atoms with Crippen molar-refractivity contribution in [3.63, 3.8) is 0 Å². The van der Waals surface area contributed by atoms with Crippen molar-refractivity contribution in [3.05, 3.63) is 59.9 Å². The van der Waals surface area contributed by atoms with E-state index in [2.05, 4.69) is 15.5 Å². The van der Waals surface area contributed by atoms with E-state index in [0.29, 0.717) is 22.2 Å². The Morgan fingerprint density at radius 3 is 2.75 bits per heavy atom. The smallest absolute Gasteiger partial charge is 0.234 e. The molecule has 8 heteroatoms. The molecular formula is C20H17FN4O2S. The Bertz CT molecular complexity index is 1170. The van der Waals surface area contributed by atoms with Gasteiger partial charge in [0.2, 0.25) is 5.91 Å². The highest BCUT2D eigenvalue weighted by Gasteiger charge is 2.16. The average molecular weight is 396 g/mol. The Morgan fingerprint density at radius 2 is 2.00 bits per heavy atom. The van der Waals surface area contributed by atoms with Crippen molar-refractivity contribution < 1.29 is 13.9 Å². The van der Waals surface area contributed by atoms with E-state index < -0.39 is 0 Å². The molecule has 0 saturated heterocycles. The van der Waals surface area contributed by atoms with Crippen LogP contribution in [0.2, 0.25) is 0 Å². The molecule has 1 N–H and O–H groups in total. The predicted molar refractivity (Wildman–Crippen MR) is 108 cm³/mol. The lowest BCUT2D eigenvalue weighted by Crippen LogP contribution is -2.14. The second kappa shape index (κ2) is 7.47. The number of thioether (sulfide) groups is 1. The van der Waals surface area contributed by atoms with Crippen LogP contribution in [0.4, 0.5) is 10.1 Å². The van der Waals surface area contributed by atoms with Gasteiger partial charge in [-0.3, -0.25) is 9.20 Å². The summed E-state index contributed by atoms with van der Waals surface area (Å²) in [5.74, 6) is 0.293. The highest BCUT2D eigenvalue weighted by atomic mass is 32.2. The van der Waals surface area contributed by atoms with Gasteiger partial charge in [-0.25, -0.2) is 4.39 Å². The van der Waals surface area contributed by atoms with E-state index in [1.54, 1.807) is 7.11 Å². The van der Waals surface area contributed by atoms with Gasteiger partial charge in [-0.1, -0.05) is 23.9 Å². The Balaban J connectivity index is 1.63. The zero-order valence-corrected chi connectivity index (χ0v) is 16.1. The van der Waals surface area contributed by atoms with Gasteiger partial charge < -0.3 is 10.1 Å². The monoisotopic (exact) mass is 396 g/mol. The topological polar surface area (TPSA) is 68.5 Å². The molecule has 0 bridgehead atoms. The van der Waals surface area contributed by atoms with Crippen LogP contribution in [0.5, 0.6) is 5.75 Å². The van der Waals surface area contributed by atoms with Gasteiger partial charge in [0.05, 0.1) is 18.4 Å². The number of halogens is 1. The number of fused-ring (bicyclic) bond motifs is 3. The number of nitrogens with zero attached hydrogens (tertiary/aromatic N) is 3. The van der Waals surface area contributed by atoms with Crippen LogP contribution in [0.3, 0.4) is 0 Å². The zero-order valence-electron chi connectivity index (χ0n) is 15.3. The second-order valence-electron chi connectivity index (χ2n) is 6.20. The van der Waals surface area contributed by atoms with Crippen molar-refractivity contribution in [3.8, 4) is 5.75 Å². The van der Waals surface area contributed by atoms with E-state index in [-0.39, 0.29) is 17.5 Å². The maximum Gasteiger partial charge on any atom is 0.234 e. The van der Waals surface area contributed by atoms with Gasteiger partial charge in [0.15, 0.2) is 10.8 Å². The molecule has 4 aromatic rings. The fourth-order valence-corrected chi connectivity index (χ4v) is 3.79. The number of nitrogens with one attached hydrogen (secondary N) is 1. The summed E-state index contributed by atoms with van der Waals surface area (Å²) < 4.78 is 20.4. The van der Waals surface area contributed by atoms with Crippen molar-refractivity contribution in [2.45, 2.75) is 12.1 Å². The van der Waals surface area contributed by atoms with Crippen LogP contribution in [-0.2, 0) is 4.79 Å². The lowest BCUT2D eigenvalue weighted by atomic mass is 10.1. The molecule has 0 atom stereocenters. The van der Waals surface area contributed by atoms with Gasteiger partial charge in [-0.2, -0.15) is 0 Å². The van der Waals surface area contributed by atoms with Gasteiger partial charge in [0, 0.05) is 11.1 Å². The first kappa shape index (κ1) is 18.2. The van der Waals surface area contributed by atoms with Crippen LogP contribution < -0.4 is 10.1 Å². The molecule has 0 aliphatic heterocycles. The van der Waals surface area contributed by atoms with E-state index in [0.717, 1.165) is 16.5 Å². The Kier molecular flexibility index (Phi) is 4.87. The van der Waals surface area contributed by atoms with Crippen LogP contribution in [-0.4, -0.2) is 33.4 Å². The number of hydrogen-bond donors (Lipinski definition) is 1. The summed E-state index contributed by atoms with van der Waals surface area (Å²) >= 11 is 1.27. The molecule has 6 nitrogen and oxygen atoms in total. The van der Waals surface area contributed by atoms with Gasteiger partial charge in [0.1, 0.15) is 11.6 Å². The summed E-state index contributed by atoms with van der Waals surface area (Å²) in [6.07, 6.45) is 0. The third kappa shape index (κ3) is 3.38. The summed E-state index contributed by atoms with van der Waals surface area (Å²) in [5.41, 5.74) is 3.17. The molecule has 0 fully saturated rings. The summed E-state index contributed by atoms with van der Waals surface area (Å²) in [6, 6.07) is 13.4. The standard InChI is InChI=1S/C20H17FN4O2S/c1-12-10-17-23-24-20(25(17)19-15(12)4-3-5-16(19)27-2)28-11-18(26)22-14-8-6-13(21)7-9-14/h3-10H,11H2,1-2H3,(H,22,26). The van der Waals surface area contributed by atoms with Gasteiger partial charge in [-0.05, 0) is 48.9 Å². The first-order chi connectivity index (χ1) is 13.6. The van der Waals surface area contributed by atoms with Gasteiger partial charge in [0.25, 0.3) is 0 Å². The third-order valence-corrected chi connectivity index (χ3v) is 5.26. The molecule has 2 heterocycles. The van der Waals surface area contributed by atoms with Crippen molar-refractivity contribution in [2.75, 3.05) is 18.2 Å². The molecule has 4 rings (SSSR count). The number of methoxy groups -OCH3 is 1. The average Bonchev–Trinajstić information content (AvgIpc) is 3.10. The normalized spacial score (nSPS) is 11.1. The number of benzene rings is 2. The Morgan fingerprint density at radius 1 is 1.21 bits per heavy atom. The Hall–Kier alpha value is -3.13. The number of ether oxygens (including phenoxy) is 1. The summed E-state index contributed by atoms with van der Waals surface area (Å²) in [4.78, 5) is 12.3. The second-order valence-corrected chi connectivity index (χ2v) is 7.15. The molecule has 0 saturated carbocycles. The Labute approximate surface area is 164 Å². The molecule has 0 unspecified atom stereocenters. The number of aromatic nitrogens is 3. The van der Waals surface area contributed by atoms with Gasteiger partial charge >= 0.3 is 0 Å². The van der Waals surface area contributed by atoms with E-state index >= 15 is 0 Å². The molecule has 1 amide bonds. The van der Waals surface area contributed by atoms with Crippen molar-refractivity contribution >= 4 is 39.9 Å². The lowest BCUT2D eigenvalue weighted by Gasteiger charge is -2.11. The maximum absolute atomic E-state index is 13.0. The zero-order chi connectivity index (χ0) is 19.7. The van der Waals surface area contributed by atoms with Gasteiger partial charge in [-0.15, -0.1) is 10.2 Å². The predicted octanol–water partition coefficient (Wildman–Crippen LogP) is 4.07. The maximum atomic E-state index is 13.0. The van der Waals surface area contributed by atoms with Crippen LogP contribution in [0.25, 0.3) is 16.6 Å². The van der Waals surface area contributed by atoms with Crippen LogP contribution in [0, 0.1) is 12.7 Å². The van der Waals surface area contributed by atoms with Crippen molar-refractivity contribution in [1.82, 2.24) is 14.6 Å². The molecule has 0 aliphatic carbocycles. The van der Waals surface area contributed by atoms with E-state index in [9.17, 15) is 9.18 Å². The fraction of sp³-hybridized carbons (Fsp3) is 0.150. The lowest BCUT2D eigenvalue weighted by molar-refractivity contribution is -0.113. The molecule has 142 valence electrons. The first-order valence-corrected chi connectivity index (χ1v) is 9.55. The van der Waals surface area contributed by atoms with E-state index in [1.807, 2.05) is 35.6 Å². The molecule has 28 heavy (non-hydrogen) atoms. The molecule has 0 aliphatic rings. The van der Waals surface area contributed by atoms with Crippen LogP contribution >= 0.6 is 11.8 Å². The number of carbonyl (C=O) groups is 1. The summed E-state index contributed by atoms with van der Waals surface area (Å²) in [5, 5.41) is 12.9. The largest absolute Gasteiger partial charge is 0.495 e. The molecule has 0 radical (unpaired) electrons. The fourth-order valence-electron chi connectivity index (χ4n) is 3.05. The number of para-hydroxylation sites is 1. The van der Waals surface area contributed by atoms with Crippen molar-refractivity contribution in [1.29, 1.82) is 0 Å². The number of carbonyl (C=O) groups excluding carboxylic acids is 1. The molecule has 2 aromatic carbocycles. The summed E-state index contributed by atoms with van der Waals surface area (Å²) in [6.45, 7) is 2.01. The number of pyridine rings is 1. The number of hydrogen-bond acceptors (Lipinski definition) is 5. The van der Waals surface area contributed by atoms with Crippen LogP contribution in [0.15, 0.2) is 53.7 Å². The number of amides is 1. The first-order valence-electron chi connectivity index (χ1n) is 8.56. The van der Waals surface area contributed by atoms with Crippen LogP contribution in [0.1, 0.15) is 5.56 Å². The highest BCUT2D eigenvalue weighted by molar-refractivity contribution is 7.99. The SMILES string of the molecule is COc1cccc2c(C)cc3nnc(SCC(=O)Nc4ccc(F)cc4)n3c12. The molecule has 0 spiro atoms. The van der Waals surface area contributed by atoms with E-state index in [4.69, 9.17) is 4.74 Å². The molecule has 2 aromatic heterocycles. The highest BCUT2D eigenvalue weighted by Crippen LogP contribution is 2.31. The number of anilines is 1. The molecular weight excluding hydrogens is 379 g/mol. The minimum atomic E-state index is -0.349. The minimum Gasteiger partial charge on any atom is -0.495 e. The number of rotatable bonds is 5. The van der Waals surface area contributed by atoms with Crippen molar-refractivity contribution in [2.24, 2.45) is 0 Å². The minimum absolute atomic E-state index is 0.142. The number of aryl methyl sites for hydroxylation is 1. The van der Waals surface area contributed by atoms with E-state index in [1.165, 1.54) is 36.0 Å².